The molecule has 2 aromatic carbocycles. The second kappa shape index (κ2) is 6.04. The number of hydrogen-bond donors (Lipinski definition) is 2. The Morgan fingerprint density at radius 2 is 1.63 bits per heavy atom. The van der Waals surface area contributed by atoms with E-state index in [4.69, 9.17) is 33.7 Å². The molecule has 19 heavy (non-hydrogen) atoms. The first kappa shape index (κ1) is 13.8. The highest BCUT2D eigenvalue weighted by molar-refractivity contribution is 6.35. The zero-order valence-electron chi connectivity index (χ0n) is 10.4. The molecule has 0 heterocycles. The number of benzene rings is 2. The average molecular weight is 297 g/mol. The van der Waals surface area contributed by atoms with Crippen LogP contribution in [0.3, 0.4) is 0 Å². The molecule has 0 aromatic heterocycles. The molecule has 0 atom stereocenters. The van der Waals surface area contributed by atoms with Crippen molar-refractivity contribution < 1.29 is 4.74 Å². The highest BCUT2D eigenvalue weighted by Gasteiger charge is 2.02. The van der Waals surface area contributed by atoms with Crippen LogP contribution in [0.5, 0.6) is 5.75 Å². The topological polar surface area (TPSA) is 47.3 Å². The van der Waals surface area contributed by atoms with Gasteiger partial charge in [-0.15, -0.1) is 0 Å². The van der Waals surface area contributed by atoms with Crippen molar-refractivity contribution in [1.29, 1.82) is 0 Å². The Labute approximate surface area is 122 Å². The lowest BCUT2D eigenvalue weighted by Gasteiger charge is -2.11. The molecule has 100 valence electrons. The van der Waals surface area contributed by atoms with Crippen molar-refractivity contribution in [3.05, 3.63) is 46.4 Å². The van der Waals surface area contributed by atoms with E-state index in [1.165, 1.54) is 0 Å². The minimum Gasteiger partial charge on any atom is -0.494 e. The predicted molar refractivity (Wildman–Crippen MR) is 81.8 cm³/mol. The van der Waals surface area contributed by atoms with E-state index in [1.54, 1.807) is 24.3 Å². The third kappa shape index (κ3) is 3.94. The summed E-state index contributed by atoms with van der Waals surface area (Å²) in [5, 5.41) is 4.34. The zero-order valence-corrected chi connectivity index (χ0v) is 11.9. The summed E-state index contributed by atoms with van der Waals surface area (Å²) in [7, 11) is 0. The zero-order chi connectivity index (χ0) is 13.8. The fourth-order valence-electron chi connectivity index (χ4n) is 1.74. The largest absolute Gasteiger partial charge is 0.494 e. The highest BCUT2D eigenvalue weighted by Crippen LogP contribution is 2.28. The summed E-state index contributed by atoms with van der Waals surface area (Å²) in [6.07, 6.45) is 0. The smallest absolute Gasteiger partial charge is 0.123 e. The number of nitrogen functional groups attached to an aromatic ring is 1. The monoisotopic (exact) mass is 296 g/mol. The van der Waals surface area contributed by atoms with E-state index in [-0.39, 0.29) is 0 Å². The predicted octanol–water partition coefficient (Wildman–Crippen LogP) is 4.72. The first-order valence-electron chi connectivity index (χ1n) is 5.83. The summed E-state index contributed by atoms with van der Waals surface area (Å²) < 4.78 is 5.44. The van der Waals surface area contributed by atoms with Crippen LogP contribution in [0.25, 0.3) is 0 Å². The Morgan fingerprint density at radius 1 is 1.00 bits per heavy atom. The van der Waals surface area contributed by atoms with Crippen LogP contribution in [0.2, 0.25) is 10.0 Å². The maximum absolute atomic E-state index is 5.95. The number of nitrogens with two attached hydrogens (primary N) is 1. The van der Waals surface area contributed by atoms with E-state index in [2.05, 4.69) is 5.32 Å². The van der Waals surface area contributed by atoms with Gasteiger partial charge in [-0.2, -0.15) is 0 Å². The molecule has 0 unspecified atom stereocenters. The summed E-state index contributed by atoms with van der Waals surface area (Å²) >= 11 is 11.9. The van der Waals surface area contributed by atoms with Gasteiger partial charge < -0.3 is 15.8 Å². The van der Waals surface area contributed by atoms with Crippen molar-refractivity contribution in [1.82, 2.24) is 0 Å². The molecule has 0 saturated heterocycles. The maximum atomic E-state index is 5.95. The van der Waals surface area contributed by atoms with Crippen LogP contribution < -0.4 is 15.8 Å². The van der Waals surface area contributed by atoms with Crippen LogP contribution in [0.1, 0.15) is 6.92 Å². The lowest BCUT2D eigenvalue weighted by Crippen LogP contribution is -1.97. The van der Waals surface area contributed by atoms with Crippen LogP contribution in [-0.2, 0) is 0 Å². The van der Waals surface area contributed by atoms with Crippen LogP contribution in [0.4, 0.5) is 17.1 Å². The second-order valence-corrected chi connectivity index (χ2v) is 4.88. The molecule has 2 aromatic rings. The first-order chi connectivity index (χ1) is 9.06. The molecule has 0 saturated carbocycles. The van der Waals surface area contributed by atoms with Crippen molar-refractivity contribution in [2.45, 2.75) is 6.92 Å². The molecular formula is C14H14Cl2N2O. The molecule has 5 heteroatoms. The van der Waals surface area contributed by atoms with E-state index in [9.17, 15) is 0 Å². The molecule has 0 bridgehead atoms. The second-order valence-electron chi connectivity index (χ2n) is 4.01. The van der Waals surface area contributed by atoms with Gasteiger partial charge in [0.05, 0.1) is 6.61 Å². The molecule has 3 nitrogen and oxygen atoms in total. The number of rotatable bonds is 4. The van der Waals surface area contributed by atoms with Gasteiger partial charge in [0, 0.05) is 39.2 Å². The molecule has 0 radical (unpaired) electrons. The van der Waals surface area contributed by atoms with E-state index < -0.39 is 0 Å². The lowest BCUT2D eigenvalue weighted by molar-refractivity contribution is 0.340. The van der Waals surface area contributed by atoms with Crippen molar-refractivity contribution in [3.63, 3.8) is 0 Å². The van der Waals surface area contributed by atoms with Crippen LogP contribution in [0.15, 0.2) is 36.4 Å². The van der Waals surface area contributed by atoms with Gasteiger partial charge in [-0.3, -0.25) is 0 Å². The van der Waals surface area contributed by atoms with Gasteiger partial charge in [-0.25, -0.2) is 0 Å². The Kier molecular flexibility index (Phi) is 4.40. The lowest BCUT2D eigenvalue weighted by atomic mass is 10.2. The molecule has 0 aliphatic rings. The standard InChI is InChI=1S/C14H14Cl2N2O/c1-2-19-14-7-11(17)6-13(8-14)18-12-4-9(15)3-10(16)5-12/h3-8,18H,2,17H2,1H3. The molecular weight excluding hydrogens is 283 g/mol. The molecule has 3 N–H and O–H groups in total. The van der Waals surface area contributed by atoms with E-state index in [0.29, 0.717) is 22.3 Å². The number of nitrogens with one attached hydrogen (secondary N) is 1. The molecule has 0 spiro atoms. The Morgan fingerprint density at radius 3 is 2.26 bits per heavy atom. The molecule has 0 aliphatic heterocycles. The Bertz CT molecular complexity index is 567. The van der Waals surface area contributed by atoms with Crippen molar-refractivity contribution in [3.8, 4) is 5.75 Å². The molecule has 2 rings (SSSR count). The van der Waals surface area contributed by atoms with Gasteiger partial charge in [0.2, 0.25) is 0 Å². The number of ether oxygens (including phenoxy) is 1. The summed E-state index contributed by atoms with van der Waals surface area (Å²) in [4.78, 5) is 0. The van der Waals surface area contributed by atoms with E-state index in [0.717, 1.165) is 17.1 Å². The fourth-order valence-corrected chi connectivity index (χ4v) is 2.26. The number of halogens is 2. The fraction of sp³-hybridized carbons (Fsp3) is 0.143. The van der Waals surface area contributed by atoms with Crippen molar-refractivity contribution in [2.75, 3.05) is 17.7 Å². The highest BCUT2D eigenvalue weighted by atomic mass is 35.5. The minimum absolute atomic E-state index is 0.573. The maximum Gasteiger partial charge on any atom is 0.123 e. The van der Waals surface area contributed by atoms with E-state index >= 15 is 0 Å². The first-order valence-corrected chi connectivity index (χ1v) is 6.59. The van der Waals surface area contributed by atoms with Crippen molar-refractivity contribution >= 4 is 40.3 Å². The Hall–Kier alpha value is -1.58. The summed E-state index contributed by atoms with van der Waals surface area (Å²) in [6.45, 7) is 2.51. The molecule has 0 fully saturated rings. The van der Waals surface area contributed by atoms with E-state index in [1.807, 2.05) is 19.1 Å². The summed E-state index contributed by atoms with van der Waals surface area (Å²) in [5.41, 5.74) is 8.08. The third-order valence-electron chi connectivity index (χ3n) is 2.39. The third-order valence-corrected chi connectivity index (χ3v) is 2.83. The quantitative estimate of drug-likeness (QED) is 0.803. The van der Waals surface area contributed by atoms with Gasteiger partial charge >= 0.3 is 0 Å². The number of hydrogen-bond acceptors (Lipinski definition) is 3. The van der Waals surface area contributed by atoms with Gasteiger partial charge in [0.15, 0.2) is 0 Å². The summed E-state index contributed by atoms with van der Waals surface area (Å²) in [6, 6.07) is 10.7. The molecule has 0 aliphatic carbocycles. The van der Waals surface area contributed by atoms with Crippen LogP contribution >= 0.6 is 23.2 Å². The van der Waals surface area contributed by atoms with Crippen molar-refractivity contribution in [2.24, 2.45) is 0 Å². The van der Waals surface area contributed by atoms with Gasteiger partial charge in [-0.05, 0) is 31.2 Å². The van der Waals surface area contributed by atoms with Crippen LogP contribution in [-0.4, -0.2) is 6.61 Å². The number of anilines is 3. The van der Waals surface area contributed by atoms with Crippen LogP contribution in [0, 0.1) is 0 Å². The summed E-state index contributed by atoms with van der Waals surface area (Å²) in [5.74, 6) is 0.720. The normalized spacial score (nSPS) is 10.3. The average Bonchev–Trinajstić information content (AvgIpc) is 2.26. The molecule has 0 amide bonds. The Balaban J connectivity index is 2.27. The van der Waals surface area contributed by atoms with Gasteiger partial charge in [0.1, 0.15) is 5.75 Å². The van der Waals surface area contributed by atoms with Gasteiger partial charge in [0.25, 0.3) is 0 Å². The SMILES string of the molecule is CCOc1cc(N)cc(Nc2cc(Cl)cc(Cl)c2)c1. The van der Waals surface area contributed by atoms with Gasteiger partial charge in [-0.1, -0.05) is 23.2 Å². The minimum atomic E-state index is 0.573.